The van der Waals surface area contributed by atoms with Gasteiger partial charge in [0.15, 0.2) is 0 Å². The third-order valence-corrected chi connectivity index (χ3v) is 5.22. The smallest absolute Gasteiger partial charge is 0.318 e. The molecule has 2 heterocycles. The zero-order valence-electron chi connectivity index (χ0n) is 13.2. The van der Waals surface area contributed by atoms with Gasteiger partial charge in [0.05, 0.1) is 30.9 Å². The summed E-state index contributed by atoms with van der Waals surface area (Å²) in [4.78, 5) is 14.5. The van der Waals surface area contributed by atoms with Crippen molar-refractivity contribution in [3.05, 3.63) is 35.9 Å². The lowest BCUT2D eigenvalue weighted by molar-refractivity contribution is 0.0938. The summed E-state index contributed by atoms with van der Waals surface area (Å²) in [5.41, 5.74) is 0.856. The van der Waals surface area contributed by atoms with Crippen LogP contribution in [0, 0.1) is 0 Å². The number of amides is 2. The highest BCUT2D eigenvalue weighted by molar-refractivity contribution is 5.75. The molecule has 5 heteroatoms. The molecule has 1 aliphatic carbocycles. The van der Waals surface area contributed by atoms with Crippen LogP contribution in [0.15, 0.2) is 30.3 Å². The Kier molecular flexibility index (Phi) is 3.99. The van der Waals surface area contributed by atoms with Gasteiger partial charge in [-0.15, -0.1) is 0 Å². The molecule has 1 saturated carbocycles. The van der Waals surface area contributed by atoms with Crippen LogP contribution in [-0.2, 0) is 4.74 Å². The van der Waals surface area contributed by atoms with Crippen LogP contribution < -0.4 is 5.32 Å². The summed E-state index contributed by atoms with van der Waals surface area (Å²) in [5, 5.41) is 13.6. The molecule has 4 rings (SSSR count). The zero-order valence-corrected chi connectivity index (χ0v) is 13.2. The minimum Gasteiger partial charge on any atom is -0.387 e. The first-order valence-electron chi connectivity index (χ1n) is 8.66. The van der Waals surface area contributed by atoms with E-state index in [0.29, 0.717) is 12.6 Å². The van der Waals surface area contributed by atoms with Crippen LogP contribution in [0.4, 0.5) is 4.79 Å². The topological polar surface area (TPSA) is 61.8 Å². The van der Waals surface area contributed by atoms with E-state index >= 15 is 0 Å². The molecule has 2 N–H and O–H groups in total. The number of aliphatic hydroxyl groups excluding tert-OH is 1. The summed E-state index contributed by atoms with van der Waals surface area (Å²) in [6, 6.07) is 9.90. The molecule has 2 saturated heterocycles. The number of carbonyl (C=O) groups is 1. The number of nitrogens with zero attached hydrogens (tertiary/aromatic N) is 1. The Labute approximate surface area is 136 Å². The van der Waals surface area contributed by atoms with Crippen molar-refractivity contribution in [1.82, 2.24) is 10.2 Å². The third-order valence-electron chi connectivity index (χ3n) is 5.22. The molecule has 0 spiro atoms. The van der Waals surface area contributed by atoms with Gasteiger partial charge < -0.3 is 20.1 Å². The Morgan fingerprint density at radius 3 is 2.65 bits per heavy atom. The molecule has 0 unspecified atom stereocenters. The summed E-state index contributed by atoms with van der Waals surface area (Å²) < 4.78 is 5.81. The fourth-order valence-corrected chi connectivity index (χ4v) is 3.78. The quantitative estimate of drug-likeness (QED) is 0.875. The number of urea groups is 1. The average molecular weight is 316 g/mol. The molecular formula is C18H24N2O3. The molecule has 4 atom stereocenters. The van der Waals surface area contributed by atoms with E-state index in [9.17, 15) is 9.90 Å². The first-order valence-corrected chi connectivity index (χ1v) is 8.66. The van der Waals surface area contributed by atoms with Crippen LogP contribution in [0.1, 0.15) is 43.8 Å². The highest BCUT2D eigenvalue weighted by atomic mass is 16.5. The van der Waals surface area contributed by atoms with Gasteiger partial charge in [-0.25, -0.2) is 4.79 Å². The van der Waals surface area contributed by atoms with Crippen LogP contribution in [-0.4, -0.2) is 46.9 Å². The van der Waals surface area contributed by atoms with Gasteiger partial charge in [-0.3, -0.25) is 0 Å². The van der Waals surface area contributed by atoms with Crippen molar-refractivity contribution in [2.24, 2.45) is 0 Å². The van der Waals surface area contributed by atoms with Crippen molar-refractivity contribution in [2.45, 2.75) is 62.5 Å². The summed E-state index contributed by atoms with van der Waals surface area (Å²) in [6.45, 7) is 0.349. The van der Waals surface area contributed by atoms with E-state index in [1.54, 1.807) is 0 Å². The molecule has 2 bridgehead atoms. The molecule has 2 amide bonds. The Balaban J connectivity index is 1.38. The third kappa shape index (κ3) is 3.21. The van der Waals surface area contributed by atoms with Gasteiger partial charge in [0, 0.05) is 6.04 Å². The fraction of sp³-hybridized carbons (Fsp3) is 0.611. The van der Waals surface area contributed by atoms with E-state index in [0.717, 1.165) is 37.7 Å². The highest BCUT2D eigenvalue weighted by Gasteiger charge is 2.43. The van der Waals surface area contributed by atoms with E-state index in [1.165, 1.54) is 0 Å². The minimum absolute atomic E-state index is 0.0522. The largest absolute Gasteiger partial charge is 0.387 e. The van der Waals surface area contributed by atoms with Crippen molar-refractivity contribution in [3.63, 3.8) is 0 Å². The number of benzene rings is 1. The Bertz CT molecular complexity index is 561. The minimum atomic E-state index is -0.640. The van der Waals surface area contributed by atoms with Gasteiger partial charge in [-0.05, 0) is 37.7 Å². The number of rotatable bonds is 5. The number of ether oxygens (including phenoxy) is 1. The van der Waals surface area contributed by atoms with Gasteiger partial charge in [-0.1, -0.05) is 30.3 Å². The molecule has 5 nitrogen and oxygen atoms in total. The SMILES string of the molecule is O=C(N[C@H]1C[C@H]2CC[C@H]1O2)N(C[C@@H](O)c1ccccc1)C1CC1. The molecule has 3 fully saturated rings. The molecular weight excluding hydrogens is 292 g/mol. The number of hydrogen-bond donors (Lipinski definition) is 2. The van der Waals surface area contributed by atoms with Gasteiger partial charge in [0.1, 0.15) is 0 Å². The van der Waals surface area contributed by atoms with Gasteiger partial charge in [0.2, 0.25) is 0 Å². The summed E-state index contributed by atoms with van der Waals surface area (Å²) in [5.74, 6) is 0. The Hall–Kier alpha value is -1.59. The molecule has 124 valence electrons. The highest BCUT2D eigenvalue weighted by Crippen LogP contribution is 2.35. The molecule has 23 heavy (non-hydrogen) atoms. The molecule has 0 aromatic heterocycles. The van der Waals surface area contributed by atoms with Crippen LogP contribution >= 0.6 is 0 Å². The normalized spacial score (nSPS) is 30.2. The lowest BCUT2D eigenvalue weighted by Gasteiger charge is -2.29. The van der Waals surface area contributed by atoms with Crippen molar-refractivity contribution in [2.75, 3.05) is 6.54 Å². The molecule has 1 aromatic rings. The standard InChI is InChI=1S/C18H24N2O3/c21-16(12-4-2-1-3-5-12)11-20(13-6-7-13)18(22)19-15-10-14-8-9-17(15)23-14/h1-5,13-17,21H,6-11H2,(H,19,22)/t14-,15+,16-,17-/m1/s1. The second-order valence-corrected chi connectivity index (χ2v) is 6.98. The summed E-state index contributed by atoms with van der Waals surface area (Å²) in [7, 11) is 0. The number of carbonyl (C=O) groups excluding carboxylic acids is 1. The predicted octanol–water partition coefficient (Wildman–Crippen LogP) is 2.21. The van der Waals surface area contributed by atoms with Crippen LogP contribution in [0.3, 0.4) is 0 Å². The number of hydrogen-bond acceptors (Lipinski definition) is 3. The predicted molar refractivity (Wildman–Crippen MR) is 86.0 cm³/mol. The van der Waals surface area contributed by atoms with E-state index in [4.69, 9.17) is 4.74 Å². The zero-order chi connectivity index (χ0) is 15.8. The summed E-state index contributed by atoms with van der Waals surface area (Å²) >= 11 is 0. The maximum atomic E-state index is 12.7. The summed E-state index contributed by atoms with van der Waals surface area (Å²) in [6.07, 6.45) is 5.03. The van der Waals surface area contributed by atoms with E-state index in [2.05, 4.69) is 5.32 Å². The first-order chi connectivity index (χ1) is 11.2. The number of nitrogens with one attached hydrogen (secondary N) is 1. The van der Waals surface area contributed by atoms with Crippen molar-refractivity contribution >= 4 is 6.03 Å². The first kappa shape index (κ1) is 15.0. The molecule has 3 aliphatic rings. The average Bonchev–Trinajstić information content (AvgIpc) is 3.20. The monoisotopic (exact) mass is 316 g/mol. The van der Waals surface area contributed by atoms with Crippen molar-refractivity contribution in [1.29, 1.82) is 0 Å². The second-order valence-electron chi connectivity index (χ2n) is 6.98. The van der Waals surface area contributed by atoms with E-state index in [1.807, 2.05) is 35.2 Å². The Morgan fingerprint density at radius 2 is 2.04 bits per heavy atom. The molecule has 0 radical (unpaired) electrons. The van der Waals surface area contributed by atoms with Gasteiger partial charge in [0.25, 0.3) is 0 Å². The lowest BCUT2D eigenvalue weighted by atomic mass is 9.96. The van der Waals surface area contributed by atoms with Crippen LogP contribution in [0.25, 0.3) is 0 Å². The van der Waals surface area contributed by atoms with Gasteiger partial charge >= 0.3 is 6.03 Å². The Morgan fingerprint density at radius 1 is 1.26 bits per heavy atom. The fourth-order valence-electron chi connectivity index (χ4n) is 3.78. The van der Waals surface area contributed by atoms with Crippen molar-refractivity contribution in [3.8, 4) is 0 Å². The molecule has 1 aromatic carbocycles. The van der Waals surface area contributed by atoms with E-state index in [-0.39, 0.29) is 24.2 Å². The number of fused-ring (bicyclic) bond motifs is 2. The van der Waals surface area contributed by atoms with E-state index < -0.39 is 6.10 Å². The van der Waals surface area contributed by atoms with Crippen LogP contribution in [0.2, 0.25) is 0 Å². The van der Waals surface area contributed by atoms with Crippen LogP contribution in [0.5, 0.6) is 0 Å². The maximum absolute atomic E-state index is 12.7. The van der Waals surface area contributed by atoms with Gasteiger partial charge in [-0.2, -0.15) is 0 Å². The maximum Gasteiger partial charge on any atom is 0.318 e. The lowest BCUT2D eigenvalue weighted by Crippen LogP contribution is -2.50. The van der Waals surface area contributed by atoms with Crippen molar-refractivity contribution < 1.29 is 14.6 Å². The second kappa shape index (κ2) is 6.13. The molecule has 2 aliphatic heterocycles. The number of aliphatic hydroxyl groups is 1.